The van der Waals surface area contributed by atoms with Crippen LogP contribution >= 0.6 is 11.3 Å². The van der Waals surface area contributed by atoms with Crippen LogP contribution in [-0.4, -0.2) is 139 Å². The Hall–Kier alpha value is -7.97. The van der Waals surface area contributed by atoms with Gasteiger partial charge in [0.1, 0.15) is 53.8 Å². The maximum Gasteiger partial charge on any atom is 0.413 e. The van der Waals surface area contributed by atoms with Crippen LogP contribution in [0.5, 0.6) is 5.75 Å². The van der Waals surface area contributed by atoms with Crippen molar-refractivity contribution in [3.05, 3.63) is 125 Å². The molecule has 0 unspecified atom stereocenters. The summed E-state index contributed by atoms with van der Waals surface area (Å²) in [4.78, 5) is 87.7. The van der Waals surface area contributed by atoms with Gasteiger partial charge >= 0.3 is 28.5 Å². The first-order valence-electron chi connectivity index (χ1n) is 23.5. The molecular weight excluding hydrogens is 1010 g/mol. The van der Waals surface area contributed by atoms with E-state index < -0.39 is 82.0 Å². The Kier molecular flexibility index (Phi) is 17.2. The van der Waals surface area contributed by atoms with Crippen molar-refractivity contribution in [2.75, 3.05) is 25.0 Å². The first-order valence-corrected chi connectivity index (χ1v) is 25.8. The van der Waals surface area contributed by atoms with Crippen molar-refractivity contribution in [1.29, 1.82) is 0 Å². The molecule has 5 aromatic rings. The number of nitrogens with zero attached hydrogens (tertiary/aromatic N) is 8. The number of anilines is 1. The molecule has 0 saturated carbocycles. The molecule has 0 aliphatic carbocycles. The minimum atomic E-state index is -5.10. The van der Waals surface area contributed by atoms with Crippen LogP contribution in [-0.2, 0) is 50.3 Å². The van der Waals surface area contributed by atoms with E-state index in [4.69, 9.17) is 34.5 Å². The molecular formula is C49H57N11O13S2. The number of hydrogen-bond donors (Lipinski definition) is 4. The zero-order valence-electron chi connectivity index (χ0n) is 41.8. The van der Waals surface area contributed by atoms with Crippen molar-refractivity contribution in [2.24, 2.45) is 15.9 Å². The van der Waals surface area contributed by atoms with Crippen molar-refractivity contribution < 1.29 is 60.7 Å². The third-order valence-electron chi connectivity index (χ3n) is 11.1. The molecule has 4 heterocycles. The lowest BCUT2D eigenvalue weighted by Crippen LogP contribution is -2.73. The number of rotatable bonds is 18. The second-order valence-corrected chi connectivity index (χ2v) is 21.3. The van der Waals surface area contributed by atoms with Gasteiger partial charge in [-0.3, -0.25) is 29.1 Å². The predicted octanol–water partition coefficient (Wildman–Crippen LogP) is 4.89. The van der Waals surface area contributed by atoms with Gasteiger partial charge < -0.3 is 39.7 Å². The number of likely N-dealkylation sites (tertiary alicyclic amines) is 1. The molecule has 75 heavy (non-hydrogen) atoms. The number of amidine groups is 1. The number of carbonyl (C=O) groups excluding carboxylic acids is 5. The number of ether oxygens (including phenoxy) is 4. The number of amides is 4. The average molecular weight is 1070 g/mol. The number of thiazole rings is 1. The maximum atomic E-state index is 14.5. The Balaban J connectivity index is 1.16. The van der Waals surface area contributed by atoms with E-state index in [9.17, 15) is 36.9 Å². The number of nitrogens with two attached hydrogens (primary N) is 1. The number of oxime groups is 1. The quantitative estimate of drug-likeness (QED) is 0.0173. The smallest absolute Gasteiger partial charge is 0.413 e. The topological polar surface area (TPSA) is 311 Å². The SMILES string of the molecule is CC(C)(C)OC(=O)Nc1nc(/C(=N\O[C@@H](COc2ccc(C(N)=NC3CCN(C(=O)OC(C)(C)C)CC3)cc2)C(=O)OC(c2ccccc2)c2ccccc2)C(=O)N[C@@H]2C(=O)N(S(=O)(=O)O)[C@@H]2Cn2cncn2)cs1. The largest absolute Gasteiger partial charge is 0.489 e. The fourth-order valence-corrected chi connectivity index (χ4v) is 9.16. The van der Waals surface area contributed by atoms with Crippen molar-refractivity contribution >= 4 is 68.3 Å². The van der Waals surface area contributed by atoms with Crippen molar-refractivity contribution in [2.45, 2.75) is 102 Å². The van der Waals surface area contributed by atoms with Gasteiger partial charge in [0, 0.05) is 24.0 Å². The highest BCUT2D eigenvalue weighted by Gasteiger charge is 2.54. The van der Waals surface area contributed by atoms with E-state index in [0.717, 1.165) is 17.7 Å². The van der Waals surface area contributed by atoms with Gasteiger partial charge in [-0.2, -0.15) is 13.5 Å². The molecule has 2 fully saturated rings. The Morgan fingerprint density at radius 1 is 0.907 bits per heavy atom. The third-order valence-corrected chi connectivity index (χ3v) is 12.8. The molecule has 4 amide bonds. The first-order chi connectivity index (χ1) is 35.5. The third kappa shape index (κ3) is 15.1. The molecule has 3 aromatic carbocycles. The van der Waals surface area contributed by atoms with Crippen LogP contribution in [0.4, 0.5) is 14.7 Å². The molecule has 2 saturated heterocycles. The van der Waals surface area contributed by atoms with Crippen LogP contribution < -0.4 is 21.1 Å². The maximum absolute atomic E-state index is 14.5. The lowest BCUT2D eigenvalue weighted by atomic mass is 9.98. The zero-order valence-corrected chi connectivity index (χ0v) is 43.4. The monoisotopic (exact) mass is 1070 g/mol. The van der Waals surface area contributed by atoms with E-state index in [2.05, 4.69) is 30.9 Å². The highest BCUT2D eigenvalue weighted by molar-refractivity contribution is 7.84. The standard InChI is InChI=1S/C49H57N11O13S2/c1-48(2,3)71-46(64)56-45-54-35(27-74-45)38(42(61)55-39-36(25-59-29-51-28-52-59)60(43(39)62)75(66,67)68)57-73-37(44(63)70-40(30-13-9-7-10-14-30)31-15-11-8-12-16-31)26-69-34-19-17-32(18-20-34)41(50)53-33-21-23-58(24-22-33)47(65)72-49(4,5)6/h7-20,27-29,33,36-37,39-40H,21-26H2,1-6H3,(H2,50,53)(H,55,61)(H,54,56,64)(H,66,67,68)/b57-38+/t36-,37+,39+/m1/s1. The molecule has 0 spiro atoms. The molecule has 0 radical (unpaired) electrons. The first kappa shape index (κ1) is 54.8. The van der Waals surface area contributed by atoms with E-state index in [1.807, 2.05) is 20.8 Å². The predicted molar refractivity (Wildman–Crippen MR) is 272 cm³/mol. The van der Waals surface area contributed by atoms with Crippen LogP contribution in [0, 0.1) is 0 Å². The number of aliphatic imine (C=N–C) groups is 1. The van der Waals surface area contributed by atoms with Gasteiger partial charge in [0.25, 0.3) is 17.9 Å². The van der Waals surface area contributed by atoms with Gasteiger partial charge in [-0.05, 0) is 89.8 Å². The van der Waals surface area contributed by atoms with Crippen LogP contribution in [0.2, 0.25) is 0 Å². The number of benzene rings is 3. The van der Waals surface area contributed by atoms with Gasteiger partial charge in [0.05, 0.1) is 18.6 Å². The summed E-state index contributed by atoms with van der Waals surface area (Å²) in [6.07, 6.45) is -0.354. The summed E-state index contributed by atoms with van der Waals surface area (Å²) < 4.78 is 58.9. The van der Waals surface area contributed by atoms with E-state index in [1.165, 1.54) is 16.4 Å². The highest BCUT2D eigenvalue weighted by atomic mass is 32.2. The highest BCUT2D eigenvalue weighted by Crippen LogP contribution is 2.29. The van der Waals surface area contributed by atoms with Gasteiger partial charge in [-0.15, -0.1) is 11.3 Å². The second-order valence-electron chi connectivity index (χ2n) is 19.1. The zero-order chi connectivity index (χ0) is 54.1. The molecule has 2 aliphatic heterocycles. The molecule has 24 nitrogen and oxygen atoms in total. The summed E-state index contributed by atoms with van der Waals surface area (Å²) in [5, 5.41) is 14.2. The van der Waals surface area contributed by atoms with E-state index in [0.29, 0.717) is 42.6 Å². The van der Waals surface area contributed by atoms with Gasteiger partial charge in [0.15, 0.2) is 16.9 Å². The number of carbonyl (C=O) groups is 5. The molecule has 26 heteroatoms. The van der Waals surface area contributed by atoms with Crippen LogP contribution in [0.3, 0.4) is 0 Å². The number of β-lactam (4-membered cyclic amide) rings is 1. The van der Waals surface area contributed by atoms with E-state index >= 15 is 0 Å². The summed E-state index contributed by atoms with van der Waals surface area (Å²) >= 11 is 0.865. The number of aromatic nitrogens is 4. The second kappa shape index (κ2) is 23.5. The number of hydrogen-bond acceptors (Lipinski definition) is 18. The lowest BCUT2D eigenvalue weighted by molar-refractivity contribution is -0.163. The van der Waals surface area contributed by atoms with Crippen molar-refractivity contribution in [1.82, 2.24) is 34.3 Å². The van der Waals surface area contributed by atoms with Crippen LogP contribution in [0.15, 0.2) is 113 Å². The van der Waals surface area contributed by atoms with E-state index in [1.54, 1.807) is 111 Å². The molecule has 398 valence electrons. The molecule has 2 aliphatic rings. The molecule has 5 N–H and O–H groups in total. The van der Waals surface area contributed by atoms with Gasteiger partial charge in [-0.1, -0.05) is 65.8 Å². The number of nitrogens with one attached hydrogen (secondary N) is 2. The molecule has 3 atom stereocenters. The Morgan fingerprint density at radius 2 is 1.53 bits per heavy atom. The van der Waals surface area contributed by atoms with E-state index in [-0.39, 0.29) is 45.4 Å². The summed E-state index contributed by atoms with van der Waals surface area (Å²) in [5.41, 5.74) is 5.89. The minimum absolute atomic E-state index is 0.0494. The normalized spacial score (nSPS) is 17.1. The van der Waals surface area contributed by atoms with Crippen molar-refractivity contribution in [3.8, 4) is 5.75 Å². The Labute approximate surface area is 436 Å². The van der Waals surface area contributed by atoms with Gasteiger partial charge in [0.2, 0.25) is 0 Å². The summed E-state index contributed by atoms with van der Waals surface area (Å²) in [7, 11) is -5.10. The molecule has 2 aromatic heterocycles. The Morgan fingerprint density at radius 3 is 2.11 bits per heavy atom. The fourth-order valence-electron chi connectivity index (χ4n) is 7.61. The number of piperidine rings is 1. The Bertz CT molecular complexity index is 2930. The summed E-state index contributed by atoms with van der Waals surface area (Å²) in [6.45, 7) is 10.4. The van der Waals surface area contributed by atoms with Crippen molar-refractivity contribution in [3.63, 3.8) is 0 Å². The average Bonchev–Trinajstić information content (AvgIpc) is 4.05. The molecule has 0 bridgehead atoms. The van der Waals surface area contributed by atoms with Crippen LogP contribution in [0.1, 0.15) is 82.9 Å². The summed E-state index contributed by atoms with van der Waals surface area (Å²) in [5.74, 6) is -2.81. The van der Waals surface area contributed by atoms with Gasteiger partial charge in [-0.25, -0.2) is 28.7 Å². The fraction of sp³-hybridized carbons (Fsp3) is 0.388. The minimum Gasteiger partial charge on any atom is -0.489 e. The molecule has 7 rings (SSSR count). The number of esters is 1. The van der Waals surface area contributed by atoms with Crippen LogP contribution in [0.25, 0.3) is 0 Å². The summed E-state index contributed by atoms with van der Waals surface area (Å²) in [6, 6.07) is 21.2. The lowest BCUT2D eigenvalue weighted by Gasteiger charge is -2.43.